The van der Waals surface area contributed by atoms with Gasteiger partial charge in [-0.2, -0.15) is 0 Å². The normalized spacial score (nSPS) is 11.2. The number of benzene rings is 1. The highest BCUT2D eigenvalue weighted by atomic mass is 16.4. The third kappa shape index (κ3) is 3.31. The van der Waals surface area contributed by atoms with Gasteiger partial charge in [-0.1, -0.05) is 18.2 Å². The van der Waals surface area contributed by atoms with E-state index in [1.54, 1.807) is 30.7 Å². The van der Waals surface area contributed by atoms with Gasteiger partial charge in [-0.25, -0.2) is 0 Å². The second kappa shape index (κ2) is 7.16. The highest BCUT2D eigenvalue weighted by molar-refractivity contribution is 5.95. The molecule has 4 aromatic heterocycles. The minimum Gasteiger partial charge on any atom is -0.467 e. The third-order valence-electron chi connectivity index (χ3n) is 4.53. The number of rotatable bonds is 6. The summed E-state index contributed by atoms with van der Waals surface area (Å²) >= 11 is 0. The number of fused-ring (bicyclic) bond motifs is 1. The van der Waals surface area contributed by atoms with E-state index in [2.05, 4.69) is 15.5 Å². The zero-order valence-electron chi connectivity index (χ0n) is 15.2. The largest absolute Gasteiger partial charge is 0.467 e. The Bertz CT molecular complexity index is 1250. The summed E-state index contributed by atoms with van der Waals surface area (Å²) in [5, 5.41) is 12.0. The summed E-state index contributed by atoms with van der Waals surface area (Å²) in [4.78, 5) is 12.4. The molecule has 0 aliphatic carbocycles. The van der Waals surface area contributed by atoms with Crippen LogP contribution >= 0.6 is 0 Å². The van der Waals surface area contributed by atoms with E-state index in [4.69, 9.17) is 13.3 Å². The number of hydrogen-bond donors (Lipinski definition) is 1. The third-order valence-corrected chi connectivity index (χ3v) is 4.53. The maximum atomic E-state index is 12.4. The van der Waals surface area contributed by atoms with E-state index in [0.29, 0.717) is 29.8 Å². The van der Waals surface area contributed by atoms with Crippen LogP contribution in [0.5, 0.6) is 0 Å². The van der Waals surface area contributed by atoms with Crippen LogP contribution in [0.3, 0.4) is 0 Å². The zero-order valence-corrected chi connectivity index (χ0v) is 15.2. The van der Waals surface area contributed by atoms with Gasteiger partial charge in [0.05, 0.1) is 24.6 Å². The number of hydrogen-bond acceptors (Lipinski definition) is 6. The average Bonchev–Trinajstić information content (AvgIpc) is 3.53. The molecule has 144 valence electrons. The first-order valence-electron chi connectivity index (χ1n) is 9.02. The molecule has 0 atom stereocenters. The number of nitrogens with one attached hydrogen (secondary N) is 1. The van der Waals surface area contributed by atoms with Gasteiger partial charge < -0.3 is 23.1 Å². The SMILES string of the molecule is O=C(Cn1cc(-c2nnc(-c3ccco3)o2)c2ccccc21)NCc1ccco1. The van der Waals surface area contributed by atoms with E-state index in [-0.39, 0.29) is 12.5 Å². The maximum absolute atomic E-state index is 12.4. The fourth-order valence-corrected chi connectivity index (χ4v) is 3.19. The Morgan fingerprint density at radius 2 is 1.79 bits per heavy atom. The summed E-state index contributed by atoms with van der Waals surface area (Å²) < 4.78 is 18.2. The molecular weight excluding hydrogens is 372 g/mol. The molecule has 1 N–H and O–H groups in total. The number of carbonyl (C=O) groups is 1. The summed E-state index contributed by atoms with van der Waals surface area (Å²) in [6, 6.07) is 14.9. The van der Waals surface area contributed by atoms with Crippen LogP contribution in [-0.2, 0) is 17.9 Å². The van der Waals surface area contributed by atoms with Crippen molar-refractivity contribution < 1.29 is 18.0 Å². The second-order valence-corrected chi connectivity index (χ2v) is 6.43. The summed E-state index contributed by atoms with van der Waals surface area (Å²) in [6.07, 6.45) is 4.97. The van der Waals surface area contributed by atoms with Gasteiger partial charge in [-0.05, 0) is 30.3 Å². The molecule has 0 aliphatic heterocycles. The topological polar surface area (TPSA) is 99.2 Å². The monoisotopic (exact) mass is 388 g/mol. The second-order valence-electron chi connectivity index (χ2n) is 6.43. The summed E-state index contributed by atoms with van der Waals surface area (Å²) in [5.41, 5.74) is 1.65. The van der Waals surface area contributed by atoms with Crippen LogP contribution in [0.2, 0.25) is 0 Å². The van der Waals surface area contributed by atoms with Crippen molar-refractivity contribution in [1.82, 2.24) is 20.1 Å². The van der Waals surface area contributed by atoms with Crippen LogP contribution in [0.15, 0.2) is 80.5 Å². The van der Waals surface area contributed by atoms with Gasteiger partial charge in [0.2, 0.25) is 11.8 Å². The molecule has 5 aromatic rings. The maximum Gasteiger partial charge on any atom is 0.283 e. The van der Waals surface area contributed by atoms with E-state index >= 15 is 0 Å². The quantitative estimate of drug-likeness (QED) is 0.474. The molecule has 0 fully saturated rings. The van der Waals surface area contributed by atoms with Crippen molar-refractivity contribution >= 4 is 16.8 Å². The summed E-state index contributed by atoms with van der Waals surface area (Å²) in [7, 11) is 0. The number of furan rings is 2. The Hall–Kier alpha value is -4.07. The predicted octanol–water partition coefficient (Wildman–Crippen LogP) is 3.86. The van der Waals surface area contributed by atoms with Crippen molar-refractivity contribution in [3.63, 3.8) is 0 Å². The van der Waals surface area contributed by atoms with Crippen LogP contribution in [0.1, 0.15) is 5.76 Å². The Labute approximate surface area is 164 Å². The molecule has 0 bridgehead atoms. The first kappa shape index (κ1) is 17.1. The van der Waals surface area contributed by atoms with Gasteiger partial charge in [-0.15, -0.1) is 10.2 Å². The van der Waals surface area contributed by atoms with Crippen molar-refractivity contribution in [2.75, 3.05) is 0 Å². The van der Waals surface area contributed by atoms with E-state index in [0.717, 1.165) is 16.5 Å². The number of aromatic nitrogens is 3. The van der Waals surface area contributed by atoms with Crippen LogP contribution in [0.4, 0.5) is 0 Å². The Morgan fingerprint density at radius 3 is 2.62 bits per heavy atom. The zero-order chi connectivity index (χ0) is 19.6. The van der Waals surface area contributed by atoms with Crippen molar-refractivity contribution in [2.45, 2.75) is 13.1 Å². The molecule has 0 spiro atoms. The van der Waals surface area contributed by atoms with Crippen LogP contribution in [-0.4, -0.2) is 20.7 Å². The number of amides is 1. The van der Waals surface area contributed by atoms with Crippen LogP contribution in [0, 0.1) is 0 Å². The molecule has 0 saturated carbocycles. The van der Waals surface area contributed by atoms with Crippen LogP contribution < -0.4 is 5.32 Å². The Balaban J connectivity index is 1.43. The fraction of sp³-hybridized carbons (Fsp3) is 0.0952. The smallest absolute Gasteiger partial charge is 0.283 e. The molecular formula is C21H16N4O4. The first-order chi connectivity index (χ1) is 14.3. The van der Waals surface area contributed by atoms with Crippen molar-refractivity contribution in [3.05, 3.63) is 73.0 Å². The fourth-order valence-electron chi connectivity index (χ4n) is 3.19. The van der Waals surface area contributed by atoms with Gasteiger partial charge in [-0.3, -0.25) is 4.79 Å². The Kier molecular flexibility index (Phi) is 4.21. The molecule has 0 unspecified atom stereocenters. The lowest BCUT2D eigenvalue weighted by molar-refractivity contribution is -0.121. The highest BCUT2D eigenvalue weighted by Gasteiger charge is 2.18. The molecule has 5 rings (SSSR count). The number of para-hydroxylation sites is 1. The average molecular weight is 388 g/mol. The molecule has 1 aromatic carbocycles. The molecule has 8 heteroatoms. The molecule has 1 amide bonds. The van der Waals surface area contributed by atoms with Crippen molar-refractivity contribution in [2.24, 2.45) is 0 Å². The standard InChI is InChI=1S/C21H16N4O4/c26-19(22-11-14-5-3-9-27-14)13-25-12-16(15-6-1-2-7-17(15)25)20-23-24-21(29-20)18-8-4-10-28-18/h1-10,12H,11,13H2,(H,22,26). The Morgan fingerprint density at radius 1 is 0.966 bits per heavy atom. The summed E-state index contributed by atoms with van der Waals surface area (Å²) in [6.45, 7) is 0.495. The van der Waals surface area contributed by atoms with Gasteiger partial charge in [0.15, 0.2) is 5.76 Å². The lowest BCUT2D eigenvalue weighted by Gasteiger charge is -2.06. The van der Waals surface area contributed by atoms with Gasteiger partial charge in [0.1, 0.15) is 12.3 Å². The lowest BCUT2D eigenvalue weighted by Crippen LogP contribution is -2.26. The van der Waals surface area contributed by atoms with Gasteiger partial charge >= 0.3 is 0 Å². The number of carbonyl (C=O) groups excluding carboxylic acids is 1. The molecule has 0 saturated heterocycles. The molecule has 0 aliphatic rings. The van der Waals surface area contributed by atoms with E-state index in [9.17, 15) is 4.79 Å². The molecule has 0 radical (unpaired) electrons. The van der Waals surface area contributed by atoms with Crippen LogP contribution in [0.25, 0.3) is 34.0 Å². The highest BCUT2D eigenvalue weighted by Crippen LogP contribution is 2.31. The van der Waals surface area contributed by atoms with Gasteiger partial charge in [0, 0.05) is 17.1 Å². The molecule has 29 heavy (non-hydrogen) atoms. The number of nitrogens with zero attached hydrogens (tertiary/aromatic N) is 3. The minimum absolute atomic E-state index is 0.129. The van der Waals surface area contributed by atoms with Crippen molar-refractivity contribution in [3.8, 4) is 23.1 Å². The van der Waals surface area contributed by atoms with Crippen molar-refractivity contribution in [1.29, 1.82) is 0 Å². The first-order valence-corrected chi connectivity index (χ1v) is 9.02. The predicted molar refractivity (Wildman–Crippen MR) is 103 cm³/mol. The van der Waals surface area contributed by atoms with E-state index in [1.165, 1.54) is 0 Å². The van der Waals surface area contributed by atoms with E-state index in [1.807, 2.05) is 41.1 Å². The minimum atomic E-state index is -0.129. The molecule has 4 heterocycles. The summed E-state index contributed by atoms with van der Waals surface area (Å²) in [5.74, 6) is 1.74. The van der Waals surface area contributed by atoms with Gasteiger partial charge in [0.25, 0.3) is 5.89 Å². The lowest BCUT2D eigenvalue weighted by atomic mass is 10.2. The molecule has 8 nitrogen and oxygen atoms in total. The van der Waals surface area contributed by atoms with E-state index < -0.39 is 0 Å².